The molecule has 1 unspecified atom stereocenters. The molecule has 0 saturated carbocycles. The molecule has 24 heavy (non-hydrogen) atoms. The second-order valence-electron chi connectivity index (χ2n) is 7.27. The van der Waals surface area contributed by atoms with Crippen LogP contribution in [0.1, 0.15) is 57.1 Å². The normalized spacial score (nSPS) is 22.2. The van der Waals surface area contributed by atoms with Crippen LogP contribution in [0.4, 0.5) is 0 Å². The fraction of sp³-hybridized carbons (Fsp3) is 0.833. The standard InChI is InChI=1S/C18H32N6/c1-15-8-7-12-23(14-15)18(19-2)20-11-6-10-17-22-21-16-9-4-3-5-13-24(16)17/h15H,3-14H2,1-2H3,(H,19,20). The van der Waals surface area contributed by atoms with E-state index in [1.807, 2.05) is 7.05 Å². The van der Waals surface area contributed by atoms with Gasteiger partial charge in [0.25, 0.3) is 0 Å². The lowest BCUT2D eigenvalue weighted by molar-refractivity contribution is 0.266. The molecule has 1 fully saturated rings. The van der Waals surface area contributed by atoms with Crippen molar-refractivity contribution in [2.24, 2.45) is 10.9 Å². The minimum absolute atomic E-state index is 0.767. The maximum absolute atomic E-state index is 4.46. The molecule has 6 nitrogen and oxygen atoms in total. The van der Waals surface area contributed by atoms with Crippen LogP contribution in [-0.2, 0) is 19.4 Å². The highest BCUT2D eigenvalue weighted by Crippen LogP contribution is 2.16. The zero-order valence-corrected chi connectivity index (χ0v) is 15.3. The Labute approximate surface area is 145 Å². The predicted molar refractivity (Wildman–Crippen MR) is 97.2 cm³/mol. The molecule has 0 aromatic carbocycles. The Morgan fingerprint density at radius 2 is 2.12 bits per heavy atom. The lowest BCUT2D eigenvalue weighted by atomic mass is 10.0. The summed E-state index contributed by atoms with van der Waals surface area (Å²) in [6.07, 6.45) is 9.59. The molecule has 134 valence electrons. The number of piperidine rings is 1. The van der Waals surface area contributed by atoms with E-state index in [4.69, 9.17) is 0 Å². The van der Waals surface area contributed by atoms with Crippen molar-refractivity contribution in [1.29, 1.82) is 0 Å². The highest BCUT2D eigenvalue weighted by atomic mass is 15.3. The molecule has 1 aromatic rings. The average molecular weight is 332 g/mol. The van der Waals surface area contributed by atoms with Crippen molar-refractivity contribution < 1.29 is 0 Å². The van der Waals surface area contributed by atoms with Gasteiger partial charge < -0.3 is 14.8 Å². The van der Waals surface area contributed by atoms with Crippen LogP contribution in [0.15, 0.2) is 4.99 Å². The van der Waals surface area contributed by atoms with Gasteiger partial charge in [-0.1, -0.05) is 13.3 Å². The second kappa shape index (κ2) is 8.49. The number of likely N-dealkylation sites (tertiary alicyclic amines) is 1. The number of nitrogens with one attached hydrogen (secondary N) is 1. The summed E-state index contributed by atoms with van der Waals surface area (Å²) < 4.78 is 2.36. The van der Waals surface area contributed by atoms with E-state index in [2.05, 4.69) is 36.9 Å². The van der Waals surface area contributed by atoms with Crippen LogP contribution in [0.3, 0.4) is 0 Å². The molecule has 0 radical (unpaired) electrons. The Morgan fingerprint density at radius 1 is 1.21 bits per heavy atom. The molecule has 3 heterocycles. The highest BCUT2D eigenvalue weighted by Gasteiger charge is 2.19. The van der Waals surface area contributed by atoms with Crippen LogP contribution >= 0.6 is 0 Å². The number of aryl methyl sites for hydroxylation is 2. The Bertz CT molecular complexity index is 550. The Balaban J connectivity index is 1.45. The van der Waals surface area contributed by atoms with Gasteiger partial charge in [-0.05, 0) is 38.0 Å². The first-order valence-electron chi connectivity index (χ1n) is 9.64. The number of hydrogen-bond donors (Lipinski definition) is 1. The topological polar surface area (TPSA) is 58.3 Å². The van der Waals surface area contributed by atoms with Crippen LogP contribution in [-0.4, -0.2) is 52.3 Å². The first-order chi connectivity index (χ1) is 11.8. The summed E-state index contributed by atoms with van der Waals surface area (Å²) in [6, 6.07) is 0. The van der Waals surface area contributed by atoms with E-state index in [0.717, 1.165) is 63.1 Å². The van der Waals surface area contributed by atoms with Crippen molar-refractivity contribution in [3.05, 3.63) is 11.6 Å². The average Bonchev–Trinajstić information content (AvgIpc) is 2.82. The molecule has 1 N–H and O–H groups in total. The van der Waals surface area contributed by atoms with Gasteiger partial charge in [-0.25, -0.2) is 0 Å². The Kier molecular flexibility index (Phi) is 6.10. The zero-order chi connectivity index (χ0) is 16.8. The van der Waals surface area contributed by atoms with Crippen LogP contribution < -0.4 is 5.32 Å². The van der Waals surface area contributed by atoms with Crippen LogP contribution in [0.2, 0.25) is 0 Å². The van der Waals surface area contributed by atoms with Gasteiger partial charge in [-0.3, -0.25) is 4.99 Å². The third-order valence-corrected chi connectivity index (χ3v) is 5.21. The quantitative estimate of drug-likeness (QED) is 0.522. The lowest BCUT2D eigenvalue weighted by Crippen LogP contribution is -2.46. The van der Waals surface area contributed by atoms with E-state index >= 15 is 0 Å². The summed E-state index contributed by atoms with van der Waals surface area (Å²) in [7, 11) is 1.89. The second-order valence-corrected chi connectivity index (χ2v) is 7.27. The number of rotatable bonds is 4. The molecule has 2 aliphatic heterocycles. The highest BCUT2D eigenvalue weighted by molar-refractivity contribution is 5.79. The van der Waals surface area contributed by atoms with Crippen molar-refractivity contribution >= 4 is 5.96 Å². The van der Waals surface area contributed by atoms with E-state index in [-0.39, 0.29) is 0 Å². The van der Waals surface area contributed by atoms with Gasteiger partial charge in [0.05, 0.1) is 0 Å². The van der Waals surface area contributed by atoms with Crippen LogP contribution in [0, 0.1) is 5.92 Å². The zero-order valence-electron chi connectivity index (χ0n) is 15.3. The number of nitrogens with zero attached hydrogens (tertiary/aromatic N) is 5. The minimum atomic E-state index is 0.767. The molecule has 1 saturated heterocycles. The number of aliphatic imine (C=N–C) groups is 1. The third kappa shape index (κ3) is 4.28. The maximum atomic E-state index is 4.46. The molecule has 0 amide bonds. The first-order valence-corrected chi connectivity index (χ1v) is 9.64. The summed E-state index contributed by atoms with van der Waals surface area (Å²) in [6.45, 7) is 6.62. The van der Waals surface area contributed by atoms with Gasteiger partial charge in [0.15, 0.2) is 5.96 Å². The molecule has 6 heteroatoms. The number of fused-ring (bicyclic) bond motifs is 1. The molecule has 3 rings (SSSR count). The van der Waals surface area contributed by atoms with E-state index in [9.17, 15) is 0 Å². The summed E-state index contributed by atoms with van der Waals surface area (Å²) in [5, 5.41) is 12.3. The molecule has 1 atom stereocenters. The summed E-state index contributed by atoms with van der Waals surface area (Å²) in [4.78, 5) is 6.86. The first kappa shape index (κ1) is 17.2. The van der Waals surface area contributed by atoms with Gasteiger partial charge in [-0.2, -0.15) is 0 Å². The number of aromatic nitrogens is 3. The van der Waals surface area contributed by atoms with Gasteiger partial charge in [0.1, 0.15) is 11.6 Å². The Hall–Kier alpha value is -1.59. The molecule has 1 aromatic heterocycles. The molecule has 2 aliphatic rings. The largest absolute Gasteiger partial charge is 0.356 e. The summed E-state index contributed by atoms with van der Waals surface area (Å²) >= 11 is 0. The van der Waals surface area contributed by atoms with Crippen molar-refractivity contribution in [3.8, 4) is 0 Å². The maximum Gasteiger partial charge on any atom is 0.193 e. The number of hydrogen-bond acceptors (Lipinski definition) is 3. The monoisotopic (exact) mass is 332 g/mol. The van der Waals surface area contributed by atoms with E-state index < -0.39 is 0 Å². The number of guanidine groups is 1. The molecule has 0 aliphatic carbocycles. The molecule has 0 spiro atoms. The molecular weight excluding hydrogens is 300 g/mol. The van der Waals surface area contributed by atoms with Gasteiger partial charge in [-0.15, -0.1) is 10.2 Å². The Morgan fingerprint density at radius 3 is 2.96 bits per heavy atom. The molecular formula is C18H32N6. The summed E-state index contributed by atoms with van der Waals surface area (Å²) in [5.74, 6) is 4.18. The lowest BCUT2D eigenvalue weighted by Gasteiger charge is -2.33. The third-order valence-electron chi connectivity index (χ3n) is 5.21. The summed E-state index contributed by atoms with van der Waals surface area (Å²) in [5.41, 5.74) is 0. The molecule has 0 bridgehead atoms. The SMILES string of the molecule is CN=C(NCCCc1nnc2n1CCCCC2)N1CCCC(C)C1. The fourth-order valence-electron chi connectivity index (χ4n) is 3.89. The minimum Gasteiger partial charge on any atom is -0.356 e. The predicted octanol–water partition coefficient (Wildman–Crippen LogP) is 2.24. The van der Waals surface area contributed by atoms with Crippen LogP contribution in [0.25, 0.3) is 0 Å². The van der Waals surface area contributed by atoms with Crippen molar-refractivity contribution in [2.45, 2.75) is 64.8 Å². The van der Waals surface area contributed by atoms with E-state index in [1.165, 1.54) is 37.9 Å². The van der Waals surface area contributed by atoms with Gasteiger partial charge in [0, 0.05) is 46.1 Å². The van der Waals surface area contributed by atoms with Crippen LogP contribution in [0.5, 0.6) is 0 Å². The van der Waals surface area contributed by atoms with E-state index in [1.54, 1.807) is 0 Å². The van der Waals surface area contributed by atoms with Crippen molar-refractivity contribution in [3.63, 3.8) is 0 Å². The van der Waals surface area contributed by atoms with Gasteiger partial charge in [0.2, 0.25) is 0 Å². The van der Waals surface area contributed by atoms with E-state index in [0.29, 0.717) is 0 Å². The fourth-order valence-corrected chi connectivity index (χ4v) is 3.89. The smallest absolute Gasteiger partial charge is 0.193 e. The van der Waals surface area contributed by atoms with Crippen molar-refractivity contribution in [1.82, 2.24) is 25.0 Å². The van der Waals surface area contributed by atoms with Crippen molar-refractivity contribution in [2.75, 3.05) is 26.7 Å². The van der Waals surface area contributed by atoms with Gasteiger partial charge >= 0.3 is 0 Å².